The highest BCUT2D eigenvalue weighted by Gasteiger charge is 2.41. The number of para-hydroxylation sites is 1. The summed E-state index contributed by atoms with van der Waals surface area (Å²) in [5, 5.41) is 0.842. The SMILES string of the molecule is Cc1ccc(S(=O)(=O)c2cnc3ccccc3c2N2CCC3(CC2)OCCO3)cc1. The van der Waals surface area contributed by atoms with Gasteiger partial charge in [-0.25, -0.2) is 8.42 Å². The van der Waals surface area contributed by atoms with Gasteiger partial charge in [0.25, 0.3) is 0 Å². The third-order valence-corrected chi connectivity index (χ3v) is 7.76. The topological polar surface area (TPSA) is 68.7 Å². The van der Waals surface area contributed by atoms with Crippen LogP contribution in [0.25, 0.3) is 10.9 Å². The first kappa shape index (κ1) is 19.5. The first-order valence-electron chi connectivity index (χ1n) is 10.2. The zero-order valence-electron chi connectivity index (χ0n) is 16.9. The molecule has 5 rings (SSSR count). The van der Waals surface area contributed by atoms with E-state index in [4.69, 9.17) is 9.47 Å². The first-order valence-corrected chi connectivity index (χ1v) is 11.7. The second kappa shape index (κ2) is 7.34. The molecule has 30 heavy (non-hydrogen) atoms. The lowest BCUT2D eigenvalue weighted by Gasteiger charge is -2.39. The lowest BCUT2D eigenvalue weighted by Crippen LogP contribution is -2.45. The van der Waals surface area contributed by atoms with E-state index in [0.29, 0.717) is 44.8 Å². The molecule has 1 aromatic heterocycles. The number of pyridine rings is 1. The van der Waals surface area contributed by atoms with Crippen LogP contribution in [0.2, 0.25) is 0 Å². The molecule has 0 radical (unpaired) electrons. The maximum Gasteiger partial charge on any atom is 0.210 e. The van der Waals surface area contributed by atoms with Gasteiger partial charge < -0.3 is 14.4 Å². The number of hydrogen-bond acceptors (Lipinski definition) is 6. The zero-order chi connectivity index (χ0) is 20.8. The molecule has 2 saturated heterocycles. The summed E-state index contributed by atoms with van der Waals surface area (Å²) in [4.78, 5) is 7.13. The molecule has 2 aliphatic rings. The minimum atomic E-state index is -3.72. The van der Waals surface area contributed by atoms with E-state index in [9.17, 15) is 8.42 Å². The minimum Gasteiger partial charge on any atom is -0.369 e. The summed E-state index contributed by atoms with van der Waals surface area (Å²) in [5.74, 6) is -0.519. The van der Waals surface area contributed by atoms with Crippen molar-refractivity contribution in [1.82, 2.24) is 4.98 Å². The summed E-state index contributed by atoms with van der Waals surface area (Å²) in [6.45, 7) is 4.49. The number of rotatable bonds is 3. The maximum absolute atomic E-state index is 13.6. The largest absolute Gasteiger partial charge is 0.369 e. The van der Waals surface area contributed by atoms with Gasteiger partial charge in [-0.15, -0.1) is 0 Å². The Morgan fingerprint density at radius 3 is 2.33 bits per heavy atom. The average molecular weight is 425 g/mol. The molecular formula is C23H24N2O4S. The summed E-state index contributed by atoms with van der Waals surface area (Å²) >= 11 is 0. The van der Waals surface area contributed by atoms with Crippen LogP contribution in [0.4, 0.5) is 5.69 Å². The number of hydrogen-bond donors (Lipinski definition) is 0. The number of benzene rings is 2. The van der Waals surface area contributed by atoms with Crippen LogP contribution < -0.4 is 4.90 Å². The van der Waals surface area contributed by atoms with Crippen molar-refractivity contribution >= 4 is 26.4 Å². The highest BCUT2D eigenvalue weighted by atomic mass is 32.2. The van der Waals surface area contributed by atoms with Gasteiger partial charge in [0.15, 0.2) is 5.79 Å². The van der Waals surface area contributed by atoms with Gasteiger partial charge >= 0.3 is 0 Å². The van der Waals surface area contributed by atoms with Crippen molar-refractivity contribution < 1.29 is 17.9 Å². The standard InChI is InChI=1S/C23H24N2O4S/c1-17-6-8-18(9-7-17)30(26,27)21-16-24-20-5-3-2-4-19(20)22(21)25-12-10-23(11-13-25)28-14-15-29-23/h2-9,16H,10-15H2,1H3. The summed E-state index contributed by atoms with van der Waals surface area (Å²) in [6.07, 6.45) is 2.90. The van der Waals surface area contributed by atoms with Crippen molar-refractivity contribution in [1.29, 1.82) is 0 Å². The number of sulfone groups is 1. The smallest absolute Gasteiger partial charge is 0.210 e. The molecule has 0 aliphatic carbocycles. The fourth-order valence-corrected chi connectivity index (χ4v) is 5.77. The molecule has 0 N–H and O–H groups in total. The van der Waals surface area contributed by atoms with Gasteiger partial charge in [-0.2, -0.15) is 0 Å². The lowest BCUT2D eigenvalue weighted by atomic mass is 10.0. The van der Waals surface area contributed by atoms with Crippen LogP contribution in [0.15, 0.2) is 64.5 Å². The monoisotopic (exact) mass is 424 g/mol. The van der Waals surface area contributed by atoms with Crippen molar-refractivity contribution in [2.24, 2.45) is 0 Å². The average Bonchev–Trinajstić information content (AvgIpc) is 3.22. The molecule has 3 aromatic rings. The molecule has 0 bridgehead atoms. The third kappa shape index (κ3) is 3.27. The van der Waals surface area contributed by atoms with Gasteiger partial charge in [-0.1, -0.05) is 35.9 Å². The fourth-order valence-electron chi connectivity index (χ4n) is 4.33. The molecule has 7 heteroatoms. The summed E-state index contributed by atoms with van der Waals surface area (Å²) < 4.78 is 38.9. The number of fused-ring (bicyclic) bond motifs is 1. The van der Waals surface area contributed by atoms with Crippen LogP contribution in [-0.4, -0.2) is 45.5 Å². The summed E-state index contributed by atoms with van der Waals surface area (Å²) in [5.41, 5.74) is 2.52. The van der Waals surface area contributed by atoms with Crippen molar-refractivity contribution in [3.8, 4) is 0 Å². The molecule has 6 nitrogen and oxygen atoms in total. The summed E-state index contributed by atoms with van der Waals surface area (Å²) in [6, 6.07) is 14.7. The molecule has 2 aromatic carbocycles. The van der Waals surface area contributed by atoms with Crippen LogP contribution in [0.1, 0.15) is 18.4 Å². The molecule has 0 atom stereocenters. The lowest BCUT2D eigenvalue weighted by molar-refractivity contribution is -0.169. The van der Waals surface area contributed by atoms with E-state index in [1.807, 2.05) is 43.3 Å². The Hall–Kier alpha value is -2.48. The van der Waals surface area contributed by atoms with E-state index in [-0.39, 0.29) is 9.79 Å². The highest BCUT2D eigenvalue weighted by molar-refractivity contribution is 7.91. The van der Waals surface area contributed by atoms with Crippen molar-refractivity contribution in [3.05, 3.63) is 60.3 Å². The Bertz CT molecular complexity index is 1180. The molecule has 2 fully saturated rings. The van der Waals surface area contributed by atoms with E-state index in [0.717, 1.165) is 16.5 Å². The predicted molar refractivity (Wildman–Crippen MR) is 114 cm³/mol. The van der Waals surface area contributed by atoms with E-state index in [1.165, 1.54) is 6.20 Å². The van der Waals surface area contributed by atoms with Gasteiger partial charge in [0, 0.05) is 37.5 Å². The number of piperidine rings is 1. The van der Waals surface area contributed by atoms with Gasteiger partial charge in [-0.05, 0) is 25.1 Å². The maximum atomic E-state index is 13.6. The number of ether oxygens (including phenoxy) is 2. The normalized spacial score (nSPS) is 18.9. The van der Waals surface area contributed by atoms with Crippen LogP contribution in [0, 0.1) is 6.92 Å². The van der Waals surface area contributed by atoms with Crippen LogP contribution in [0.3, 0.4) is 0 Å². The molecular weight excluding hydrogens is 400 g/mol. The molecule has 0 unspecified atom stereocenters. The third-order valence-electron chi connectivity index (χ3n) is 5.99. The second-order valence-electron chi connectivity index (χ2n) is 7.90. The Morgan fingerprint density at radius 2 is 1.63 bits per heavy atom. The van der Waals surface area contributed by atoms with E-state index < -0.39 is 15.6 Å². The van der Waals surface area contributed by atoms with Crippen molar-refractivity contribution in [3.63, 3.8) is 0 Å². The fraction of sp³-hybridized carbons (Fsp3) is 0.348. The van der Waals surface area contributed by atoms with E-state index >= 15 is 0 Å². The van der Waals surface area contributed by atoms with E-state index in [2.05, 4.69) is 9.88 Å². The quantitative estimate of drug-likeness (QED) is 0.638. The Kier molecular flexibility index (Phi) is 4.76. The van der Waals surface area contributed by atoms with E-state index in [1.54, 1.807) is 12.1 Å². The first-order chi connectivity index (χ1) is 14.5. The highest BCUT2D eigenvalue weighted by Crippen LogP contribution is 2.40. The summed E-state index contributed by atoms with van der Waals surface area (Å²) in [7, 11) is -3.72. The molecule has 1 spiro atoms. The Balaban J connectivity index is 1.62. The second-order valence-corrected chi connectivity index (χ2v) is 9.82. The molecule has 0 amide bonds. The van der Waals surface area contributed by atoms with Crippen molar-refractivity contribution in [2.45, 2.75) is 35.3 Å². The van der Waals surface area contributed by atoms with Gasteiger partial charge in [0.2, 0.25) is 9.84 Å². The number of nitrogens with zero attached hydrogens (tertiary/aromatic N) is 2. The van der Waals surface area contributed by atoms with Gasteiger partial charge in [-0.3, -0.25) is 4.98 Å². The number of anilines is 1. The molecule has 156 valence electrons. The minimum absolute atomic E-state index is 0.245. The van der Waals surface area contributed by atoms with Gasteiger partial charge in [0.1, 0.15) is 4.90 Å². The zero-order valence-corrected chi connectivity index (χ0v) is 17.7. The van der Waals surface area contributed by atoms with Crippen molar-refractivity contribution in [2.75, 3.05) is 31.2 Å². The van der Waals surface area contributed by atoms with Crippen LogP contribution in [-0.2, 0) is 19.3 Å². The van der Waals surface area contributed by atoms with Crippen LogP contribution in [0.5, 0.6) is 0 Å². The van der Waals surface area contributed by atoms with Crippen LogP contribution >= 0.6 is 0 Å². The van der Waals surface area contributed by atoms with Gasteiger partial charge in [0.05, 0.1) is 29.3 Å². The Labute approximate surface area is 176 Å². The molecule has 0 saturated carbocycles. The predicted octanol–water partition coefficient (Wildman–Crippen LogP) is 3.72. The Morgan fingerprint density at radius 1 is 0.967 bits per heavy atom. The molecule has 2 aliphatic heterocycles. The number of aryl methyl sites for hydroxylation is 1. The number of aromatic nitrogens is 1. The molecule has 3 heterocycles.